The molecule has 0 saturated heterocycles. The fourth-order valence-electron chi connectivity index (χ4n) is 1.51. The van der Waals surface area contributed by atoms with Gasteiger partial charge < -0.3 is 5.32 Å². The third-order valence-corrected chi connectivity index (χ3v) is 3.08. The summed E-state index contributed by atoms with van der Waals surface area (Å²) in [4.78, 5) is 12.4. The second-order valence-corrected chi connectivity index (χ2v) is 4.60. The maximum absolute atomic E-state index is 13.5. The van der Waals surface area contributed by atoms with Crippen LogP contribution in [0.4, 0.5) is 14.5 Å². The number of anilines is 1. The Morgan fingerprint density at radius 2 is 1.89 bits per heavy atom. The van der Waals surface area contributed by atoms with E-state index in [0.717, 1.165) is 6.07 Å². The molecule has 0 heterocycles. The molecular formula is C13H8ClF2NOS. The molecule has 1 N–H and O–H groups in total. The number of hydrogen-bond donors (Lipinski definition) is 2. The minimum atomic E-state index is -0.935. The third kappa shape index (κ3) is 3.05. The number of halogens is 3. The Kier molecular flexibility index (Phi) is 4.07. The van der Waals surface area contributed by atoms with Crippen molar-refractivity contribution in [3.63, 3.8) is 0 Å². The molecule has 0 aliphatic carbocycles. The predicted octanol–water partition coefficient (Wildman–Crippen LogP) is 4.16. The number of benzene rings is 2. The van der Waals surface area contributed by atoms with Gasteiger partial charge in [-0.2, -0.15) is 0 Å². The highest BCUT2D eigenvalue weighted by Crippen LogP contribution is 2.27. The molecule has 98 valence electrons. The first-order chi connectivity index (χ1) is 8.99. The Bertz CT molecular complexity index is 625. The fourth-order valence-corrected chi connectivity index (χ4v) is 2.01. The van der Waals surface area contributed by atoms with E-state index < -0.39 is 17.5 Å². The lowest BCUT2D eigenvalue weighted by atomic mass is 10.2. The highest BCUT2D eigenvalue weighted by molar-refractivity contribution is 7.80. The van der Waals surface area contributed by atoms with Crippen LogP contribution in [0.5, 0.6) is 0 Å². The first-order valence-corrected chi connectivity index (χ1v) is 6.05. The van der Waals surface area contributed by atoms with Gasteiger partial charge in [-0.3, -0.25) is 4.79 Å². The maximum atomic E-state index is 13.5. The van der Waals surface area contributed by atoms with E-state index in [9.17, 15) is 13.6 Å². The summed E-state index contributed by atoms with van der Waals surface area (Å²) >= 11 is 9.82. The van der Waals surface area contributed by atoms with E-state index in [4.69, 9.17) is 11.6 Å². The van der Waals surface area contributed by atoms with E-state index in [1.807, 2.05) is 0 Å². The summed E-state index contributed by atoms with van der Waals surface area (Å²) in [5.74, 6) is -2.32. The molecule has 6 heteroatoms. The van der Waals surface area contributed by atoms with Gasteiger partial charge in [-0.1, -0.05) is 23.7 Å². The topological polar surface area (TPSA) is 29.1 Å². The highest BCUT2D eigenvalue weighted by atomic mass is 35.5. The van der Waals surface area contributed by atoms with Crippen molar-refractivity contribution in [3.8, 4) is 0 Å². The van der Waals surface area contributed by atoms with E-state index in [2.05, 4.69) is 17.9 Å². The van der Waals surface area contributed by atoms with E-state index in [0.29, 0.717) is 11.0 Å². The van der Waals surface area contributed by atoms with E-state index in [-0.39, 0.29) is 16.3 Å². The van der Waals surface area contributed by atoms with Crippen LogP contribution in [0.3, 0.4) is 0 Å². The van der Waals surface area contributed by atoms with Gasteiger partial charge in [-0.05, 0) is 18.2 Å². The normalized spacial score (nSPS) is 10.3. The number of carbonyl (C=O) groups excluding carboxylic acids is 1. The molecule has 0 bridgehead atoms. The molecule has 0 saturated carbocycles. The van der Waals surface area contributed by atoms with Crippen LogP contribution in [0.25, 0.3) is 0 Å². The summed E-state index contributed by atoms with van der Waals surface area (Å²) in [5, 5.41) is 2.10. The minimum absolute atomic E-state index is 0.206. The molecule has 0 atom stereocenters. The van der Waals surface area contributed by atoms with Gasteiger partial charge in [-0.15, -0.1) is 12.6 Å². The van der Waals surface area contributed by atoms with Crippen LogP contribution < -0.4 is 5.32 Å². The van der Waals surface area contributed by atoms with E-state index in [1.54, 1.807) is 18.2 Å². The first-order valence-electron chi connectivity index (χ1n) is 5.23. The lowest BCUT2D eigenvalue weighted by Crippen LogP contribution is -2.14. The summed E-state index contributed by atoms with van der Waals surface area (Å²) in [7, 11) is 0. The van der Waals surface area contributed by atoms with Gasteiger partial charge >= 0.3 is 0 Å². The van der Waals surface area contributed by atoms with Crippen LogP contribution >= 0.6 is 24.2 Å². The molecule has 2 aromatic rings. The lowest BCUT2D eigenvalue weighted by molar-refractivity contribution is 0.102. The van der Waals surface area contributed by atoms with Gasteiger partial charge in [-0.25, -0.2) is 8.78 Å². The second kappa shape index (κ2) is 5.59. The quantitative estimate of drug-likeness (QED) is 0.801. The van der Waals surface area contributed by atoms with Crippen molar-refractivity contribution in [2.24, 2.45) is 0 Å². The Morgan fingerprint density at radius 1 is 1.21 bits per heavy atom. The van der Waals surface area contributed by atoms with Crippen molar-refractivity contribution in [2.75, 3.05) is 5.32 Å². The van der Waals surface area contributed by atoms with Crippen molar-refractivity contribution < 1.29 is 13.6 Å². The van der Waals surface area contributed by atoms with Gasteiger partial charge in [0.25, 0.3) is 5.91 Å². The number of hydrogen-bond acceptors (Lipinski definition) is 2. The van der Waals surface area contributed by atoms with Crippen LogP contribution in [-0.4, -0.2) is 5.91 Å². The van der Waals surface area contributed by atoms with Crippen LogP contribution in [0.2, 0.25) is 5.02 Å². The Morgan fingerprint density at radius 3 is 2.53 bits per heavy atom. The van der Waals surface area contributed by atoms with E-state index in [1.165, 1.54) is 6.07 Å². The van der Waals surface area contributed by atoms with Crippen LogP contribution in [0, 0.1) is 11.6 Å². The smallest absolute Gasteiger partial charge is 0.256 e. The van der Waals surface area contributed by atoms with Gasteiger partial charge in [0.05, 0.1) is 16.3 Å². The molecule has 0 aliphatic rings. The fraction of sp³-hybridized carbons (Fsp3) is 0. The molecule has 0 fully saturated rings. The zero-order chi connectivity index (χ0) is 14.0. The summed E-state index contributed by atoms with van der Waals surface area (Å²) in [5.41, 5.74) is 0.00952. The number of amides is 1. The summed E-state index contributed by atoms with van der Waals surface area (Å²) in [6.45, 7) is 0. The zero-order valence-electron chi connectivity index (χ0n) is 9.45. The number of thiol groups is 1. The largest absolute Gasteiger partial charge is 0.318 e. The van der Waals surface area contributed by atoms with Gasteiger partial charge in [0, 0.05) is 11.0 Å². The van der Waals surface area contributed by atoms with Crippen molar-refractivity contribution in [1.82, 2.24) is 0 Å². The van der Waals surface area contributed by atoms with Crippen LogP contribution in [0.15, 0.2) is 41.3 Å². The van der Waals surface area contributed by atoms with Crippen LogP contribution in [0.1, 0.15) is 10.4 Å². The molecule has 2 aromatic carbocycles. The maximum Gasteiger partial charge on any atom is 0.256 e. The van der Waals surface area contributed by atoms with Crippen molar-refractivity contribution in [2.45, 2.75) is 4.90 Å². The molecule has 0 unspecified atom stereocenters. The number of carbonyl (C=O) groups is 1. The number of rotatable bonds is 2. The predicted molar refractivity (Wildman–Crippen MR) is 73.0 cm³/mol. The van der Waals surface area contributed by atoms with Gasteiger partial charge in [0.2, 0.25) is 0 Å². The van der Waals surface area contributed by atoms with E-state index >= 15 is 0 Å². The third-order valence-electron chi connectivity index (χ3n) is 2.39. The molecule has 2 rings (SSSR count). The van der Waals surface area contributed by atoms with Crippen molar-refractivity contribution in [1.29, 1.82) is 0 Å². The molecular weight excluding hydrogens is 292 g/mol. The zero-order valence-corrected chi connectivity index (χ0v) is 11.1. The van der Waals surface area contributed by atoms with Crippen molar-refractivity contribution in [3.05, 3.63) is 58.6 Å². The minimum Gasteiger partial charge on any atom is -0.318 e. The average molecular weight is 300 g/mol. The molecule has 0 spiro atoms. The molecule has 19 heavy (non-hydrogen) atoms. The van der Waals surface area contributed by atoms with Crippen LogP contribution in [-0.2, 0) is 0 Å². The summed E-state index contributed by atoms with van der Waals surface area (Å²) in [6.07, 6.45) is 0. The monoisotopic (exact) mass is 299 g/mol. The average Bonchev–Trinajstić information content (AvgIpc) is 2.34. The summed E-state index contributed by atoms with van der Waals surface area (Å²) < 4.78 is 26.4. The SMILES string of the molecule is O=C(Nc1c(F)cc(F)cc1Cl)c1ccccc1S. The number of nitrogens with one attached hydrogen (secondary N) is 1. The Hall–Kier alpha value is -1.59. The highest BCUT2D eigenvalue weighted by Gasteiger charge is 2.15. The Balaban J connectivity index is 2.32. The standard InChI is InChI=1S/C13H8ClF2NOS/c14-9-5-7(15)6-10(16)12(9)17-13(18)8-3-1-2-4-11(8)19/h1-6,19H,(H,17,18). The molecule has 0 aromatic heterocycles. The van der Waals surface area contributed by atoms with Gasteiger partial charge in [0.1, 0.15) is 5.82 Å². The molecule has 1 amide bonds. The van der Waals surface area contributed by atoms with Gasteiger partial charge in [0.15, 0.2) is 5.82 Å². The summed E-state index contributed by atoms with van der Waals surface area (Å²) in [6, 6.07) is 8.09. The molecule has 2 nitrogen and oxygen atoms in total. The lowest BCUT2D eigenvalue weighted by Gasteiger charge is -2.09. The first kappa shape index (κ1) is 13.8. The second-order valence-electron chi connectivity index (χ2n) is 3.72. The molecule has 0 radical (unpaired) electrons. The Labute approximate surface area is 118 Å². The van der Waals surface area contributed by atoms with Crippen molar-refractivity contribution >= 4 is 35.8 Å². The molecule has 0 aliphatic heterocycles.